The molecule has 1 aliphatic rings. The highest BCUT2D eigenvalue weighted by molar-refractivity contribution is 7.18. The van der Waals surface area contributed by atoms with Crippen LogP contribution in [0.15, 0.2) is 29.3 Å². The van der Waals surface area contributed by atoms with Gasteiger partial charge in [-0.2, -0.15) is 0 Å². The quantitative estimate of drug-likeness (QED) is 0.485. The fourth-order valence-corrected chi connectivity index (χ4v) is 4.95. The number of hydrogen-bond donors (Lipinski definition) is 0. The molecule has 0 N–H and O–H groups in total. The Kier molecular flexibility index (Phi) is 5.17. The van der Waals surface area contributed by atoms with E-state index in [1.807, 2.05) is 0 Å². The summed E-state index contributed by atoms with van der Waals surface area (Å²) in [4.78, 5) is 32.4. The summed E-state index contributed by atoms with van der Waals surface area (Å²) in [5.41, 5.74) is 1.48. The van der Waals surface area contributed by atoms with Crippen LogP contribution in [0.25, 0.3) is 10.2 Å². The van der Waals surface area contributed by atoms with Gasteiger partial charge < -0.3 is 9.47 Å². The van der Waals surface area contributed by atoms with Crippen molar-refractivity contribution in [1.29, 1.82) is 0 Å². The van der Waals surface area contributed by atoms with Gasteiger partial charge in [-0.05, 0) is 49.4 Å². The number of thiophene rings is 1. The van der Waals surface area contributed by atoms with Crippen LogP contribution in [0.1, 0.15) is 40.1 Å². The number of aryl methyl sites for hydroxylation is 2. The second kappa shape index (κ2) is 7.75. The van der Waals surface area contributed by atoms with Crippen molar-refractivity contribution >= 4 is 27.3 Å². The van der Waals surface area contributed by atoms with Gasteiger partial charge in [0.1, 0.15) is 4.83 Å². The zero-order valence-corrected chi connectivity index (χ0v) is 16.8. The minimum atomic E-state index is -0.175. The lowest BCUT2D eigenvalue weighted by Gasteiger charge is -2.10. The number of rotatable bonds is 5. The fourth-order valence-electron chi connectivity index (χ4n) is 3.73. The third-order valence-electron chi connectivity index (χ3n) is 5.21. The molecule has 6 nitrogen and oxygen atoms in total. The monoisotopic (exact) mass is 398 g/mol. The van der Waals surface area contributed by atoms with Gasteiger partial charge in [0.2, 0.25) is 0 Å². The molecule has 4 rings (SSSR count). The van der Waals surface area contributed by atoms with E-state index in [1.54, 1.807) is 36.6 Å². The number of carbonyl (C=O) groups is 1. The van der Waals surface area contributed by atoms with Gasteiger partial charge in [-0.3, -0.25) is 14.2 Å². The van der Waals surface area contributed by atoms with Crippen LogP contribution in [0.2, 0.25) is 0 Å². The highest BCUT2D eigenvalue weighted by Crippen LogP contribution is 2.33. The van der Waals surface area contributed by atoms with Crippen molar-refractivity contribution in [1.82, 2.24) is 9.55 Å². The number of ether oxygens (including phenoxy) is 2. The molecule has 0 unspecified atom stereocenters. The highest BCUT2D eigenvalue weighted by Gasteiger charge is 2.20. The van der Waals surface area contributed by atoms with Gasteiger partial charge >= 0.3 is 0 Å². The molecular formula is C21H22N2O4S. The maximum absolute atomic E-state index is 13.1. The number of fused-ring (bicyclic) bond motifs is 3. The summed E-state index contributed by atoms with van der Waals surface area (Å²) in [7, 11) is 3.07. The fraction of sp³-hybridized carbons (Fsp3) is 0.381. The maximum Gasteiger partial charge on any atom is 0.262 e. The molecule has 28 heavy (non-hydrogen) atoms. The van der Waals surface area contributed by atoms with Crippen LogP contribution in [0, 0.1) is 0 Å². The molecule has 0 bridgehead atoms. The van der Waals surface area contributed by atoms with Crippen LogP contribution in [0.5, 0.6) is 11.5 Å². The number of hydrogen-bond acceptors (Lipinski definition) is 6. The van der Waals surface area contributed by atoms with Crippen LogP contribution in [-0.4, -0.2) is 29.6 Å². The van der Waals surface area contributed by atoms with Crippen molar-refractivity contribution in [3.05, 3.63) is 50.9 Å². The van der Waals surface area contributed by atoms with Crippen LogP contribution >= 0.6 is 11.3 Å². The van der Waals surface area contributed by atoms with Gasteiger partial charge in [-0.25, -0.2) is 4.98 Å². The molecule has 7 heteroatoms. The van der Waals surface area contributed by atoms with E-state index in [0.717, 1.165) is 36.1 Å². The predicted octanol–water partition coefficient (Wildman–Crippen LogP) is 3.63. The lowest BCUT2D eigenvalue weighted by atomic mass is 10.1. The van der Waals surface area contributed by atoms with Crippen molar-refractivity contribution in [3.8, 4) is 11.5 Å². The minimum absolute atomic E-state index is 0.0537. The largest absolute Gasteiger partial charge is 0.493 e. The molecule has 0 spiro atoms. The molecule has 0 saturated heterocycles. The molecule has 0 aliphatic heterocycles. The zero-order chi connectivity index (χ0) is 19.7. The Morgan fingerprint density at radius 3 is 2.71 bits per heavy atom. The Labute approximate surface area is 166 Å². The van der Waals surface area contributed by atoms with Gasteiger partial charge in [0.15, 0.2) is 17.3 Å². The number of benzene rings is 1. The first-order valence-corrected chi connectivity index (χ1v) is 10.2. The smallest absolute Gasteiger partial charge is 0.262 e. The van der Waals surface area contributed by atoms with Crippen molar-refractivity contribution in [2.24, 2.45) is 0 Å². The number of Topliss-reactive ketones (excluding diaryl/α,β-unsaturated/α-hetero) is 1. The second-order valence-electron chi connectivity index (χ2n) is 6.92. The summed E-state index contributed by atoms with van der Waals surface area (Å²) >= 11 is 1.62. The molecule has 0 saturated carbocycles. The SMILES string of the molecule is COc1ccc(C(=O)Cn2cnc3sc4c(c3c2=O)CCCCC4)cc1OC. The standard InChI is InChI=1S/C21H22N2O4S/c1-26-16-9-8-13(10-17(16)27-2)15(24)11-23-12-22-20-19(21(23)25)14-6-4-3-5-7-18(14)28-20/h8-10,12H,3-7,11H2,1-2H3. The summed E-state index contributed by atoms with van der Waals surface area (Å²) < 4.78 is 11.9. The molecule has 0 fully saturated rings. The first-order chi connectivity index (χ1) is 13.6. The average molecular weight is 398 g/mol. The summed E-state index contributed by atoms with van der Waals surface area (Å²) in [5.74, 6) is 0.864. The molecule has 0 atom stereocenters. The number of nitrogens with zero attached hydrogens (tertiary/aromatic N) is 2. The van der Waals surface area contributed by atoms with Crippen LogP contribution in [0.3, 0.4) is 0 Å². The van der Waals surface area contributed by atoms with Gasteiger partial charge in [0, 0.05) is 10.4 Å². The summed E-state index contributed by atoms with van der Waals surface area (Å²) in [6.45, 7) is -0.0537. The molecule has 146 valence electrons. The highest BCUT2D eigenvalue weighted by atomic mass is 32.1. The number of methoxy groups -OCH3 is 2. The van der Waals surface area contributed by atoms with Gasteiger partial charge in [-0.1, -0.05) is 6.42 Å². The van der Waals surface area contributed by atoms with Crippen molar-refractivity contribution < 1.29 is 14.3 Å². The van der Waals surface area contributed by atoms with Gasteiger partial charge in [-0.15, -0.1) is 11.3 Å². The summed E-state index contributed by atoms with van der Waals surface area (Å²) in [5, 5.41) is 0.699. The number of ketones is 1. The number of aromatic nitrogens is 2. The molecule has 1 aromatic carbocycles. The van der Waals surface area contributed by atoms with E-state index >= 15 is 0 Å². The van der Waals surface area contributed by atoms with E-state index in [-0.39, 0.29) is 17.9 Å². The first-order valence-electron chi connectivity index (χ1n) is 9.37. The Morgan fingerprint density at radius 2 is 1.93 bits per heavy atom. The summed E-state index contributed by atoms with van der Waals surface area (Å²) in [6, 6.07) is 5.00. The molecular weight excluding hydrogens is 376 g/mol. The van der Waals surface area contributed by atoms with Gasteiger partial charge in [0.05, 0.1) is 32.5 Å². The third kappa shape index (κ3) is 3.30. The summed E-state index contributed by atoms with van der Waals surface area (Å²) in [6.07, 6.45) is 6.86. The van der Waals surface area contributed by atoms with Crippen molar-refractivity contribution in [3.63, 3.8) is 0 Å². The Bertz CT molecular complexity index is 1100. The Balaban J connectivity index is 1.68. The molecule has 2 heterocycles. The van der Waals surface area contributed by atoms with Gasteiger partial charge in [0.25, 0.3) is 5.56 Å². The lowest BCUT2D eigenvalue weighted by Crippen LogP contribution is -2.25. The van der Waals surface area contributed by atoms with E-state index in [1.165, 1.54) is 29.3 Å². The zero-order valence-electron chi connectivity index (χ0n) is 16.0. The molecule has 0 radical (unpaired) electrons. The first kappa shape index (κ1) is 18.7. The van der Waals surface area contributed by atoms with Crippen molar-refractivity contribution in [2.75, 3.05) is 14.2 Å². The second-order valence-corrected chi connectivity index (χ2v) is 8.00. The maximum atomic E-state index is 13.1. The predicted molar refractivity (Wildman–Crippen MR) is 109 cm³/mol. The Hall–Kier alpha value is -2.67. The number of carbonyl (C=O) groups excluding carboxylic acids is 1. The van der Waals surface area contributed by atoms with E-state index in [4.69, 9.17) is 9.47 Å². The average Bonchev–Trinajstić information content (AvgIpc) is 2.91. The van der Waals surface area contributed by atoms with E-state index in [0.29, 0.717) is 22.4 Å². The van der Waals surface area contributed by atoms with E-state index in [2.05, 4.69) is 4.98 Å². The molecule has 1 aliphatic carbocycles. The molecule has 2 aromatic heterocycles. The molecule has 3 aromatic rings. The third-order valence-corrected chi connectivity index (χ3v) is 6.41. The Morgan fingerprint density at radius 1 is 1.14 bits per heavy atom. The molecule has 0 amide bonds. The topological polar surface area (TPSA) is 70.4 Å². The van der Waals surface area contributed by atoms with Crippen LogP contribution in [-0.2, 0) is 19.4 Å². The van der Waals surface area contributed by atoms with Crippen molar-refractivity contribution in [2.45, 2.75) is 38.6 Å². The minimum Gasteiger partial charge on any atom is -0.493 e. The van der Waals surface area contributed by atoms with Crippen LogP contribution in [0.4, 0.5) is 0 Å². The van der Waals surface area contributed by atoms with Crippen LogP contribution < -0.4 is 15.0 Å². The normalized spacial score (nSPS) is 13.8. The van der Waals surface area contributed by atoms with E-state index < -0.39 is 0 Å². The lowest BCUT2D eigenvalue weighted by molar-refractivity contribution is 0.0970. The van der Waals surface area contributed by atoms with E-state index in [9.17, 15) is 9.59 Å².